The summed E-state index contributed by atoms with van der Waals surface area (Å²) in [7, 11) is 1.66. The van der Waals surface area contributed by atoms with Crippen LogP contribution in [0.25, 0.3) is 0 Å². The van der Waals surface area contributed by atoms with E-state index in [-0.39, 0.29) is 0 Å². The van der Waals surface area contributed by atoms with Crippen LogP contribution < -0.4 is 9.47 Å². The van der Waals surface area contributed by atoms with E-state index in [1.54, 1.807) is 7.11 Å². The molecule has 1 aliphatic rings. The van der Waals surface area contributed by atoms with Crippen molar-refractivity contribution in [2.75, 3.05) is 33.4 Å². The molecule has 1 aromatic carbocycles. The zero-order chi connectivity index (χ0) is 11.2. The molecule has 1 fully saturated rings. The average Bonchev–Trinajstić information content (AvgIpc) is 2.83. The number of likely N-dealkylation sites (tertiary alicyclic amines) is 1. The lowest BCUT2D eigenvalue weighted by Crippen LogP contribution is -2.25. The van der Waals surface area contributed by atoms with E-state index in [1.807, 2.05) is 18.2 Å². The Labute approximate surface area is 97.0 Å². The molecule has 3 nitrogen and oxygen atoms in total. The first-order chi connectivity index (χ1) is 7.90. The first kappa shape index (κ1) is 11.3. The molecular formula is C13H18NO2. The quantitative estimate of drug-likeness (QED) is 0.757. The fourth-order valence-corrected chi connectivity index (χ4v) is 1.97. The van der Waals surface area contributed by atoms with Gasteiger partial charge in [-0.15, -0.1) is 0 Å². The van der Waals surface area contributed by atoms with Crippen LogP contribution in [-0.4, -0.2) is 38.3 Å². The summed E-state index contributed by atoms with van der Waals surface area (Å²) in [5.41, 5.74) is 0. The third-order valence-corrected chi connectivity index (χ3v) is 2.87. The van der Waals surface area contributed by atoms with Gasteiger partial charge in [0.1, 0.15) is 6.61 Å². The number of nitrogens with zero attached hydrogens (tertiary/aromatic N) is 1. The molecule has 2 rings (SSSR count). The predicted octanol–water partition coefficient (Wildman–Crippen LogP) is 1.97. The molecule has 0 bridgehead atoms. The van der Waals surface area contributed by atoms with Gasteiger partial charge in [-0.25, -0.2) is 0 Å². The van der Waals surface area contributed by atoms with Gasteiger partial charge < -0.3 is 9.47 Å². The van der Waals surface area contributed by atoms with Gasteiger partial charge in [0.25, 0.3) is 0 Å². The number of methoxy groups -OCH3 is 1. The zero-order valence-electron chi connectivity index (χ0n) is 9.74. The second kappa shape index (κ2) is 5.75. The van der Waals surface area contributed by atoms with Crippen molar-refractivity contribution >= 4 is 0 Å². The number of ether oxygens (including phenoxy) is 2. The molecule has 0 atom stereocenters. The van der Waals surface area contributed by atoms with Crippen LogP contribution in [0.5, 0.6) is 11.5 Å². The van der Waals surface area contributed by atoms with Gasteiger partial charge >= 0.3 is 0 Å². The van der Waals surface area contributed by atoms with Crippen LogP contribution in [0.4, 0.5) is 0 Å². The van der Waals surface area contributed by atoms with E-state index in [9.17, 15) is 0 Å². The van der Waals surface area contributed by atoms with Crippen molar-refractivity contribution in [2.45, 2.75) is 12.8 Å². The van der Waals surface area contributed by atoms with Gasteiger partial charge in [0.2, 0.25) is 0 Å². The molecule has 16 heavy (non-hydrogen) atoms. The van der Waals surface area contributed by atoms with Crippen LogP contribution in [0.1, 0.15) is 12.8 Å². The predicted molar refractivity (Wildman–Crippen MR) is 63.0 cm³/mol. The van der Waals surface area contributed by atoms with Crippen molar-refractivity contribution in [3.8, 4) is 11.5 Å². The van der Waals surface area contributed by atoms with Crippen LogP contribution in [0.2, 0.25) is 0 Å². The molecule has 0 aliphatic carbocycles. The molecule has 0 N–H and O–H groups in total. The highest BCUT2D eigenvalue weighted by molar-refractivity contribution is 5.38. The van der Waals surface area contributed by atoms with Gasteiger partial charge in [0.15, 0.2) is 11.5 Å². The number of hydrogen-bond acceptors (Lipinski definition) is 3. The molecule has 1 heterocycles. The van der Waals surface area contributed by atoms with Crippen molar-refractivity contribution in [2.24, 2.45) is 0 Å². The van der Waals surface area contributed by atoms with Crippen molar-refractivity contribution < 1.29 is 9.47 Å². The minimum atomic E-state index is 0.716. The van der Waals surface area contributed by atoms with E-state index in [0.29, 0.717) is 6.61 Å². The summed E-state index contributed by atoms with van der Waals surface area (Å²) in [4.78, 5) is 2.43. The number of benzene rings is 1. The summed E-state index contributed by atoms with van der Waals surface area (Å²) >= 11 is 0. The molecule has 0 aromatic heterocycles. The van der Waals surface area contributed by atoms with E-state index in [1.165, 1.54) is 25.9 Å². The monoisotopic (exact) mass is 220 g/mol. The second-order valence-corrected chi connectivity index (χ2v) is 3.97. The van der Waals surface area contributed by atoms with E-state index in [0.717, 1.165) is 18.0 Å². The Morgan fingerprint density at radius 1 is 1.31 bits per heavy atom. The lowest BCUT2D eigenvalue weighted by molar-refractivity contribution is 0.230. The van der Waals surface area contributed by atoms with Crippen molar-refractivity contribution in [1.82, 2.24) is 4.90 Å². The normalized spacial score (nSPS) is 16.3. The Balaban J connectivity index is 1.79. The molecule has 0 spiro atoms. The Morgan fingerprint density at radius 2 is 2.12 bits per heavy atom. The van der Waals surface area contributed by atoms with Gasteiger partial charge in [-0.3, -0.25) is 4.90 Å². The molecule has 1 aliphatic heterocycles. The van der Waals surface area contributed by atoms with Crippen molar-refractivity contribution in [3.05, 3.63) is 24.3 Å². The van der Waals surface area contributed by atoms with Gasteiger partial charge in [0, 0.05) is 6.54 Å². The molecule has 87 valence electrons. The minimum absolute atomic E-state index is 0.716. The van der Waals surface area contributed by atoms with Crippen LogP contribution in [0.15, 0.2) is 18.2 Å². The summed E-state index contributed by atoms with van der Waals surface area (Å²) in [6.07, 6.45) is 2.64. The van der Waals surface area contributed by atoms with Crippen molar-refractivity contribution in [1.29, 1.82) is 0 Å². The topological polar surface area (TPSA) is 21.7 Å². The summed E-state index contributed by atoms with van der Waals surface area (Å²) < 4.78 is 10.9. The Bertz CT molecular complexity index is 321. The Kier molecular flexibility index (Phi) is 4.05. The highest BCUT2D eigenvalue weighted by Gasteiger charge is 2.11. The Hall–Kier alpha value is -1.22. The van der Waals surface area contributed by atoms with E-state index in [2.05, 4.69) is 11.0 Å². The highest BCUT2D eigenvalue weighted by atomic mass is 16.5. The largest absolute Gasteiger partial charge is 0.493 e. The highest BCUT2D eigenvalue weighted by Crippen LogP contribution is 2.25. The minimum Gasteiger partial charge on any atom is -0.493 e. The number of hydrogen-bond donors (Lipinski definition) is 0. The molecule has 0 saturated carbocycles. The summed E-state index contributed by atoms with van der Waals surface area (Å²) in [5.74, 6) is 1.56. The first-order valence-corrected chi connectivity index (χ1v) is 5.79. The lowest BCUT2D eigenvalue weighted by atomic mass is 10.3. The maximum Gasteiger partial charge on any atom is 0.161 e. The fourth-order valence-electron chi connectivity index (χ4n) is 1.97. The van der Waals surface area contributed by atoms with E-state index < -0.39 is 0 Å². The van der Waals surface area contributed by atoms with Gasteiger partial charge in [0.05, 0.1) is 7.11 Å². The summed E-state index contributed by atoms with van der Waals surface area (Å²) in [6, 6.07) is 8.51. The van der Waals surface area contributed by atoms with Crippen LogP contribution in [0.3, 0.4) is 0 Å². The van der Waals surface area contributed by atoms with Gasteiger partial charge in [-0.1, -0.05) is 6.07 Å². The molecule has 3 heteroatoms. The maximum absolute atomic E-state index is 5.69. The van der Waals surface area contributed by atoms with Crippen LogP contribution >= 0.6 is 0 Å². The summed E-state index contributed by atoms with van der Waals surface area (Å²) in [5, 5.41) is 0. The third kappa shape index (κ3) is 2.89. The molecule has 1 radical (unpaired) electrons. The maximum atomic E-state index is 5.69. The van der Waals surface area contributed by atoms with E-state index in [4.69, 9.17) is 9.47 Å². The van der Waals surface area contributed by atoms with E-state index >= 15 is 0 Å². The first-order valence-electron chi connectivity index (χ1n) is 5.79. The molecule has 1 saturated heterocycles. The van der Waals surface area contributed by atoms with Crippen LogP contribution in [-0.2, 0) is 0 Å². The third-order valence-electron chi connectivity index (χ3n) is 2.87. The smallest absolute Gasteiger partial charge is 0.161 e. The SMILES string of the molecule is COc1cc[c]cc1OCCN1CCCC1. The van der Waals surface area contributed by atoms with Crippen LogP contribution in [0, 0.1) is 6.07 Å². The Morgan fingerprint density at radius 3 is 2.88 bits per heavy atom. The summed E-state index contributed by atoms with van der Waals surface area (Å²) in [6.45, 7) is 4.13. The lowest BCUT2D eigenvalue weighted by Gasteiger charge is -2.15. The zero-order valence-corrected chi connectivity index (χ0v) is 9.74. The standard InChI is InChI=1S/C13H18NO2/c1-15-12-6-2-3-7-13(12)16-11-10-14-8-4-5-9-14/h2,6-7H,4-5,8-11H2,1H3. The molecule has 1 aromatic rings. The molecule has 0 amide bonds. The van der Waals surface area contributed by atoms with Crippen molar-refractivity contribution in [3.63, 3.8) is 0 Å². The average molecular weight is 220 g/mol. The number of rotatable bonds is 5. The van der Waals surface area contributed by atoms with Gasteiger partial charge in [-0.05, 0) is 44.1 Å². The molecule has 0 unspecified atom stereocenters. The second-order valence-electron chi connectivity index (χ2n) is 3.97. The van der Waals surface area contributed by atoms with Gasteiger partial charge in [-0.2, -0.15) is 0 Å². The fraction of sp³-hybridized carbons (Fsp3) is 0.538. The molecular weight excluding hydrogens is 202 g/mol.